The molecule has 0 aromatic heterocycles. The van der Waals surface area contributed by atoms with Gasteiger partial charge >= 0.3 is 6.18 Å². The Morgan fingerprint density at radius 3 is 2.19 bits per heavy atom. The number of halogens is 4. The number of sulfone groups is 1. The predicted molar refractivity (Wildman–Crippen MR) is 69.9 cm³/mol. The first kappa shape index (κ1) is 15.5. The van der Waals surface area contributed by atoms with Crippen LogP contribution in [0.2, 0.25) is 0 Å². The molecule has 0 aliphatic carbocycles. The number of alkyl halides is 3. The van der Waals surface area contributed by atoms with Crippen molar-refractivity contribution in [3.63, 3.8) is 0 Å². The minimum absolute atomic E-state index is 0.136. The van der Waals surface area contributed by atoms with Crippen LogP contribution < -0.4 is 0 Å². The summed E-state index contributed by atoms with van der Waals surface area (Å²) in [4.78, 5) is -0.170. The number of hydrogen-bond donors (Lipinski definition) is 0. The second-order valence-electron chi connectivity index (χ2n) is 4.46. The number of hydrogen-bond acceptors (Lipinski definition) is 2. The Bertz CT molecular complexity index is 780. The van der Waals surface area contributed by atoms with E-state index in [1.165, 1.54) is 18.2 Å². The highest BCUT2D eigenvalue weighted by Gasteiger charge is 2.35. The molecule has 0 aliphatic rings. The zero-order chi connectivity index (χ0) is 15.8. The van der Waals surface area contributed by atoms with E-state index in [0.29, 0.717) is 0 Å². The topological polar surface area (TPSA) is 34.1 Å². The van der Waals surface area contributed by atoms with Crippen molar-refractivity contribution in [2.45, 2.75) is 11.1 Å². The van der Waals surface area contributed by atoms with Gasteiger partial charge in [-0.15, -0.1) is 0 Å². The molecule has 0 fully saturated rings. The van der Waals surface area contributed by atoms with Gasteiger partial charge in [-0.1, -0.05) is 18.2 Å². The van der Waals surface area contributed by atoms with Gasteiger partial charge in [-0.2, -0.15) is 13.2 Å². The van der Waals surface area contributed by atoms with Gasteiger partial charge in [0.15, 0.2) is 9.84 Å². The largest absolute Gasteiger partial charge is 0.417 e. The summed E-state index contributed by atoms with van der Waals surface area (Å²) in [6.45, 7) is 0. The molecule has 21 heavy (non-hydrogen) atoms. The van der Waals surface area contributed by atoms with Gasteiger partial charge in [0.05, 0.1) is 10.5 Å². The Kier molecular flexibility index (Phi) is 3.79. The highest BCUT2D eigenvalue weighted by atomic mass is 32.2. The van der Waals surface area contributed by atoms with Crippen molar-refractivity contribution in [3.8, 4) is 11.1 Å². The maximum Gasteiger partial charge on any atom is 0.417 e. The van der Waals surface area contributed by atoms with Crippen molar-refractivity contribution in [2.24, 2.45) is 0 Å². The predicted octanol–water partition coefficient (Wildman–Crippen LogP) is 3.92. The molecule has 0 saturated carbocycles. The second-order valence-corrected chi connectivity index (χ2v) is 6.48. The summed E-state index contributed by atoms with van der Waals surface area (Å²) < 4.78 is 75.7. The zero-order valence-corrected chi connectivity index (χ0v) is 11.6. The first-order valence-corrected chi connectivity index (χ1v) is 7.66. The lowest BCUT2D eigenvalue weighted by molar-refractivity contribution is -0.137. The summed E-state index contributed by atoms with van der Waals surface area (Å²) in [5.41, 5.74) is -1.94. The maximum atomic E-state index is 13.8. The molecule has 7 heteroatoms. The molecule has 0 bridgehead atoms. The summed E-state index contributed by atoms with van der Waals surface area (Å²) in [5.74, 6) is -1.06. The normalized spacial score (nSPS) is 12.4. The molecule has 2 rings (SSSR count). The van der Waals surface area contributed by atoms with Gasteiger partial charge < -0.3 is 0 Å². The van der Waals surface area contributed by atoms with Crippen LogP contribution in [0, 0.1) is 5.82 Å². The molecular weight excluding hydrogens is 308 g/mol. The molecule has 0 aliphatic heterocycles. The van der Waals surface area contributed by atoms with Gasteiger partial charge in [-0.3, -0.25) is 0 Å². The fraction of sp³-hybridized carbons (Fsp3) is 0.143. The van der Waals surface area contributed by atoms with Gasteiger partial charge in [0.25, 0.3) is 0 Å². The number of benzene rings is 2. The van der Waals surface area contributed by atoms with Gasteiger partial charge in [0.1, 0.15) is 5.82 Å². The van der Waals surface area contributed by atoms with Gasteiger partial charge in [-0.05, 0) is 29.8 Å². The molecule has 112 valence electrons. The van der Waals surface area contributed by atoms with Crippen molar-refractivity contribution in [1.82, 2.24) is 0 Å². The van der Waals surface area contributed by atoms with Crippen LogP contribution in [0.3, 0.4) is 0 Å². The van der Waals surface area contributed by atoms with E-state index in [0.717, 1.165) is 30.5 Å². The van der Waals surface area contributed by atoms with Crippen molar-refractivity contribution < 1.29 is 26.0 Å². The average molecular weight is 318 g/mol. The van der Waals surface area contributed by atoms with Gasteiger partial charge in [0, 0.05) is 11.8 Å². The summed E-state index contributed by atoms with van der Waals surface area (Å²) in [6, 6.07) is 7.40. The molecule has 0 heterocycles. The highest BCUT2D eigenvalue weighted by molar-refractivity contribution is 7.90. The third kappa shape index (κ3) is 3.24. The Morgan fingerprint density at radius 1 is 1.00 bits per heavy atom. The summed E-state index contributed by atoms with van der Waals surface area (Å²) in [5, 5.41) is 0. The minimum atomic E-state index is -4.74. The Labute approximate surface area is 119 Å². The molecule has 2 nitrogen and oxygen atoms in total. The average Bonchev–Trinajstić information content (AvgIpc) is 2.36. The first-order valence-electron chi connectivity index (χ1n) is 5.77. The molecule has 0 unspecified atom stereocenters. The van der Waals surface area contributed by atoms with E-state index >= 15 is 0 Å². The third-order valence-electron chi connectivity index (χ3n) is 2.87. The van der Waals surface area contributed by atoms with Crippen LogP contribution in [-0.4, -0.2) is 14.7 Å². The molecule has 0 N–H and O–H groups in total. The third-order valence-corrected chi connectivity index (χ3v) is 3.98. The SMILES string of the molecule is CS(=O)(=O)c1cccc(-c2c(F)cccc2C(F)(F)F)c1. The molecule has 2 aromatic carbocycles. The Hall–Kier alpha value is -1.89. The molecule has 0 atom stereocenters. The van der Waals surface area contributed by atoms with E-state index < -0.39 is 33.0 Å². The summed E-state index contributed by atoms with van der Waals surface area (Å²) in [6.07, 6.45) is -3.81. The van der Waals surface area contributed by atoms with E-state index in [4.69, 9.17) is 0 Å². The lowest BCUT2D eigenvalue weighted by Gasteiger charge is -2.14. The first-order chi connectivity index (χ1) is 9.60. The summed E-state index contributed by atoms with van der Waals surface area (Å²) in [7, 11) is -3.60. The number of rotatable bonds is 2. The smallest absolute Gasteiger partial charge is 0.224 e. The van der Waals surface area contributed by atoms with E-state index in [1.807, 2.05) is 0 Å². The van der Waals surface area contributed by atoms with E-state index in [2.05, 4.69) is 0 Å². The van der Waals surface area contributed by atoms with E-state index in [1.54, 1.807) is 0 Å². The molecule has 0 spiro atoms. The van der Waals surface area contributed by atoms with Crippen LogP contribution in [0.1, 0.15) is 5.56 Å². The minimum Gasteiger partial charge on any atom is -0.224 e. The van der Waals surface area contributed by atoms with Crippen LogP contribution in [0.15, 0.2) is 47.4 Å². The molecular formula is C14H10F4O2S. The molecule has 0 radical (unpaired) electrons. The van der Waals surface area contributed by atoms with Crippen LogP contribution in [-0.2, 0) is 16.0 Å². The van der Waals surface area contributed by atoms with Crippen molar-refractivity contribution in [2.75, 3.05) is 6.26 Å². The lowest BCUT2D eigenvalue weighted by atomic mass is 9.99. The van der Waals surface area contributed by atoms with Crippen molar-refractivity contribution in [1.29, 1.82) is 0 Å². The monoisotopic (exact) mass is 318 g/mol. The van der Waals surface area contributed by atoms with Crippen LogP contribution in [0.5, 0.6) is 0 Å². The second kappa shape index (κ2) is 5.14. The summed E-state index contributed by atoms with van der Waals surface area (Å²) >= 11 is 0. The fourth-order valence-electron chi connectivity index (χ4n) is 1.94. The quantitative estimate of drug-likeness (QED) is 0.787. The van der Waals surface area contributed by atoms with Crippen molar-refractivity contribution >= 4 is 9.84 Å². The maximum absolute atomic E-state index is 13.8. The highest BCUT2D eigenvalue weighted by Crippen LogP contribution is 2.38. The van der Waals surface area contributed by atoms with Crippen LogP contribution in [0.4, 0.5) is 17.6 Å². The van der Waals surface area contributed by atoms with E-state index in [9.17, 15) is 26.0 Å². The molecule has 2 aromatic rings. The van der Waals surface area contributed by atoms with Gasteiger partial charge in [-0.25, -0.2) is 12.8 Å². The van der Waals surface area contributed by atoms with E-state index in [-0.39, 0.29) is 10.5 Å². The fourth-order valence-corrected chi connectivity index (χ4v) is 2.60. The Balaban J connectivity index is 2.74. The van der Waals surface area contributed by atoms with Crippen LogP contribution in [0.25, 0.3) is 11.1 Å². The Morgan fingerprint density at radius 2 is 1.62 bits per heavy atom. The standard InChI is InChI=1S/C14H10F4O2S/c1-21(19,20)10-5-2-4-9(8-10)13-11(14(16,17)18)6-3-7-12(13)15/h2-8H,1H3. The molecule has 0 amide bonds. The zero-order valence-electron chi connectivity index (χ0n) is 10.8. The lowest BCUT2D eigenvalue weighted by Crippen LogP contribution is -2.08. The van der Waals surface area contributed by atoms with Crippen molar-refractivity contribution in [3.05, 3.63) is 53.8 Å². The van der Waals surface area contributed by atoms with Crippen LogP contribution >= 0.6 is 0 Å². The van der Waals surface area contributed by atoms with Gasteiger partial charge in [0.2, 0.25) is 0 Å². The molecule has 0 saturated heterocycles.